The Balaban J connectivity index is 2.14. The van der Waals surface area contributed by atoms with E-state index in [4.69, 9.17) is 17.7 Å². The van der Waals surface area contributed by atoms with Crippen molar-refractivity contribution in [2.24, 2.45) is 5.92 Å². The molecule has 2 saturated heterocycles. The molecule has 0 amide bonds. The molecule has 34 heavy (non-hydrogen) atoms. The van der Waals surface area contributed by atoms with Crippen LogP contribution in [-0.4, -0.2) is 45.5 Å². The fourth-order valence-corrected chi connectivity index (χ4v) is 16.8. The van der Waals surface area contributed by atoms with Gasteiger partial charge in [-0.25, -0.2) is 4.79 Å². The molecule has 0 radical (unpaired) electrons. The minimum atomic E-state index is -2.81. The van der Waals surface area contributed by atoms with Crippen LogP contribution in [0.25, 0.3) is 0 Å². The highest BCUT2D eigenvalue weighted by Crippen LogP contribution is 2.50. The molecule has 0 aliphatic carbocycles. The largest absolute Gasteiger partial charge is 0.414 e. The first-order chi connectivity index (χ1) is 15.9. The molecule has 1 aromatic rings. The molecule has 1 aromatic heterocycles. The average molecular weight is 511 g/mol. The molecule has 0 spiro atoms. The molecule has 10 heteroatoms. The molecule has 3 heterocycles. The summed E-state index contributed by atoms with van der Waals surface area (Å²) in [6, 6.07) is 1.34. The summed E-state index contributed by atoms with van der Waals surface area (Å²) in [7, 11) is -5.49. The molecule has 0 saturated carbocycles. The standard InChI is InChI=1S/C24H42N2O6Si2/c1-10-11-19-22-20(30-23(19)26-13-12-21(27)25-24(26)28)14-29-33(15(2)3,16(4)5)32-34(31-22,17(6)7)18(8)9/h10,12-13,15-20,22-23H,1,11,14H2,2-9H3,(H,25,27,28)/t19-,20-,22+,23-/m1/s1. The minimum absolute atomic E-state index is 0.171. The Labute approximate surface area is 205 Å². The first-order valence-corrected chi connectivity index (χ1v) is 16.4. The van der Waals surface area contributed by atoms with E-state index in [1.807, 2.05) is 6.08 Å². The summed E-state index contributed by atoms with van der Waals surface area (Å²) in [5.41, 5.74) is -0.0755. The van der Waals surface area contributed by atoms with Gasteiger partial charge in [0.1, 0.15) is 12.3 Å². The smallest absolute Gasteiger partial charge is 0.335 e. The normalized spacial score (nSPS) is 28.8. The Morgan fingerprint density at radius 3 is 2.15 bits per heavy atom. The van der Waals surface area contributed by atoms with Crippen LogP contribution >= 0.6 is 0 Å². The highest BCUT2D eigenvalue weighted by Gasteiger charge is 2.61. The number of ether oxygens (including phenoxy) is 1. The second-order valence-electron chi connectivity index (χ2n) is 10.8. The highest BCUT2D eigenvalue weighted by molar-refractivity contribution is 6.83. The predicted octanol–water partition coefficient (Wildman–Crippen LogP) is 4.58. The van der Waals surface area contributed by atoms with Gasteiger partial charge in [-0.3, -0.25) is 14.3 Å². The molecule has 3 rings (SSSR count). The van der Waals surface area contributed by atoms with E-state index in [2.05, 4.69) is 67.0 Å². The number of H-pyrrole nitrogens is 1. The number of hydrogen-bond acceptors (Lipinski definition) is 6. The second kappa shape index (κ2) is 10.4. The van der Waals surface area contributed by atoms with Gasteiger partial charge in [0, 0.05) is 18.2 Å². The molecule has 192 valence electrons. The van der Waals surface area contributed by atoms with E-state index in [0.717, 1.165) is 0 Å². The third-order valence-electron chi connectivity index (χ3n) is 7.36. The Bertz CT molecular complexity index is 957. The fraction of sp³-hybridized carbons (Fsp3) is 0.750. The lowest BCUT2D eigenvalue weighted by atomic mass is 9.96. The van der Waals surface area contributed by atoms with Crippen molar-refractivity contribution < 1.29 is 17.7 Å². The lowest BCUT2D eigenvalue weighted by Crippen LogP contribution is -2.65. The topological polar surface area (TPSA) is 91.8 Å². The van der Waals surface area contributed by atoms with Crippen molar-refractivity contribution in [3.63, 3.8) is 0 Å². The molecule has 2 fully saturated rings. The molecule has 1 N–H and O–H groups in total. The van der Waals surface area contributed by atoms with Crippen LogP contribution < -0.4 is 11.2 Å². The molecule has 2 aliphatic rings. The first-order valence-electron chi connectivity index (χ1n) is 12.5. The van der Waals surface area contributed by atoms with Gasteiger partial charge in [0.2, 0.25) is 0 Å². The third-order valence-corrected chi connectivity index (χ3v) is 17.6. The molecule has 0 aromatic carbocycles. The Hall–Kier alpha value is -1.31. The molecular weight excluding hydrogens is 468 g/mol. The van der Waals surface area contributed by atoms with E-state index >= 15 is 0 Å². The van der Waals surface area contributed by atoms with E-state index in [1.54, 1.807) is 0 Å². The molecule has 2 aliphatic heterocycles. The summed E-state index contributed by atoms with van der Waals surface area (Å²) in [5.74, 6) is -0.171. The van der Waals surface area contributed by atoms with Crippen molar-refractivity contribution in [3.8, 4) is 0 Å². The summed E-state index contributed by atoms with van der Waals surface area (Å²) in [4.78, 5) is 26.7. The van der Waals surface area contributed by atoms with E-state index in [9.17, 15) is 9.59 Å². The Kier molecular flexibility index (Phi) is 8.31. The van der Waals surface area contributed by atoms with Crippen molar-refractivity contribution >= 4 is 17.1 Å². The summed E-state index contributed by atoms with van der Waals surface area (Å²) >= 11 is 0. The van der Waals surface area contributed by atoms with Crippen molar-refractivity contribution in [1.29, 1.82) is 0 Å². The number of aromatic amines is 1. The highest BCUT2D eigenvalue weighted by atomic mass is 28.5. The molecule has 0 bridgehead atoms. The van der Waals surface area contributed by atoms with Gasteiger partial charge in [-0.15, -0.1) is 6.58 Å². The van der Waals surface area contributed by atoms with Crippen molar-refractivity contribution in [3.05, 3.63) is 45.8 Å². The van der Waals surface area contributed by atoms with E-state index in [0.29, 0.717) is 13.0 Å². The summed E-state index contributed by atoms with van der Waals surface area (Å²) < 4.78 is 29.2. The van der Waals surface area contributed by atoms with Gasteiger partial charge in [-0.2, -0.15) is 0 Å². The number of allylic oxidation sites excluding steroid dienone is 1. The maximum Gasteiger partial charge on any atom is 0.335 e. The number of rotatable bonds is 7. The van der Waals surface area contributed by atoms with E-state index in [-0.39, 0.29) is 40.3 Å². The summed E-state index contributed by atoms with van der Waals surface area (Å²) in [6.07, 6.45) is 2.65. The second-order valence-corrected chi connectivity index (χ2v) is 19.7. The molecular formula is C24H42N2O6Si2. The number of nitrogens with one attached hydrogen (secondary N) is 1. The van der Waals surface area contributed by atoms with Gasteiger partial charge < -0.3 is 17.7 Å². The third kappa shape index (κ3) is 4.72. The van der Waals surface area contributed by atoms with Crippen LogP contribution in [0.5, 0.6) is 0 Å². The zero-order valence-electron chi connectivity index (χ0n) is 21.9. The summed E-state index contributed by atoms with van der Waals surface area (Å²) in [5, 5.41) is 0. The van der Waals surface area contributed by atoms with Crippen LogP contribution in [0.15, 0.2) is 34.5 Å². The summed E-state index contributed by atoms with van der Waals surface area (Å²) in [6.45, 7) is 21.8. The zero-order valence-corrected chi connectivity index (χ0v) is 23.9. The lowest BCUT2D eigenvalue weighted by Gasteiger charge is -2.51. The minimum Gasteiger partial charge on any atom is -0.414 e. The van der Waals surface area contributed by atoms with Gasteiger partial charge in [0.25, 0.3) is 5.56 Å². The maximum atomic E-state index is 12.7. The molecule has 8 nitrogen and oxygen atoms in total. The van der Waals surface area contributed by atoms with Crippen LogP contribution in [0.3, 0.4) is 0 Å². The number of fused-ring (bicyclic) bond motifs is 1. The van der Waals surface area contributed by atoms with E-state index < -0.39 is 34.6 Å². The molecule has 0 unspecified atom stereocenters. The van der Waals surface area contributed by atoms with Crippen LogP contribution in [0, 0.1) is 5.92 Å². The van der Waals surface area contributed by atoms with Crippen molar-refractivity contribution in [1.82, 2.24) is 9.55 Å². The van der Waals surface area contributed by atoms with Gasteiger partial charge in [0.05, 0.1) is 12.7 Å². The van der Waals surface area contributed by atoms with Gasteiger partial charge in [-0.05, 0) is 28.6 Å². The maximum absolute atomic E-state index is 12.7. The monoisotopic (exact) mass is 510 g/mol. The van der Waals surface area contributed by atoms with Crippen molar-refractivity contribution in [2.45, 2.75) is 102 Å². The van der Waals surface area contributed by atoms with Crippen LogP contribution in [0.1, 0.15) is 68.0 Å². The SMILES string of the molecule is C=CC[C@@H]1[C@@H]2O[Si](C(C)C)(C(C)C)O[Si](C(C)C)(C(C)C)OC[C@H]2O[C@H]1n1ccc(=O)[nH]c1=O. The Morgan fingerprint density at radius 1 is 1.06 bits per heavy atom. The van der Waals surface area contributed by atoms with Gasteiger partial charge in [0.15, 0.2) is 0 Å². The average Bonchev–Trinajstić information content (AvgIpc) is 3.04. The zero-order chi connectivity index (χ0) is 25.4. The first kappa shape index (κ1) is 27.3. The van der Waals surface area contributed by atoms with Crippen molar-refractivity contribution in [2.75, 3.05) is 6.61 Å². The lowest BCUT2D eigenvalue weighted by molar-refractivity contribution is -0.0573. The van der Waals surface area contributed by atoms with Gasteiger partial charge >= 0.3 is 22.8 Å². The number of hydrogen-bond donors (Lipinski definition) is 1. The van der Waals surface area contributed by atoms with E-state index in [1.165, 1.54) is 16.8 Å². The quantitative estimate of drug-likeness (QED) is 0.426. The molecule has 4 atom stereocenters. The number of aromatic nitrogens is 2. The van der Waals surface area contributed by atoms with Crippen LogP contribution in [0.2, 0.25) is 22.2 Å². The van der Waals surface area contributed by atoms with Crippen LogP contribution in [0.4, 0.5) is 0 Å². The predicted molar refractivity (Wildman–Crippen MR) is 137 cm³/mol. The Morgan fingerprint density at radius 2 is 1.65 bits per heavy atom. The number of nitrogens with zero attached hydrogens (tertiary/aromatic N) is 1. The van der Waals surface area contributed by atoms with Gasteiger partial charge in [-0.1, -0.05) is 61.5 Å². The fourth-order valence-electron chi connectivity index (χ4n) is 5.57. The van der Waals surface area contributed by atoms with Crippen LogP contribution in [-0.2, 0) is 17.7 Å².